The summed E-state index contributed by atoms with van der Waals surface area (Å²) in [5.41, 5.74) is 11.1. The molecule has 2 aliphatic rings. The molecule has 3 N–H and O–H groups in total. The van der Waals surface area contributed by atoms with Gasteiger partial charge in [0, 0.05) is 17.4 Å². The Kier molecular flexibility index (Phi) is 7.14. The molecule has 184 valence electrons. The number of hydrogen-bond donors (Lipinski definition) is 2. The first kappa shape index (κ1) is 24.3. The Bertz CT molecular complexity index is 1350. The van der Waals surface area contributed by atoms with Crippen LogP contribution >= 0.6 is 11.8 Å². The van der Waals surface area contributed by atoms with Crippen LogP contribution in [0.15, 0.2) is 63.4 Å². The summed E-state index contributed by atoms with van der Waals surface area (Å²) in [5, 5.41) is 0.672. The Morgan fingerprint density at radius 1 is 0.943 bits per heavy atom. The molecule has 0 radical (unpaired) electrons. The molecule has 0 saturated heterocycles. The van der Waals surface area contributed by atoms with Crippen LogP contribution in [-0.4, -0.2) is 30.2 Å². The molecule has 1 aromatic heterocycles. The van der Waals surface area contributed by atoms with Gasteiger partial charge < -0.3 is 10.7 Å². The van der Waals surface area contributed by atoms with Crippen molar-refractivity contribution in [3.8, 4) is 11.1 Å². The molecule has 6 nitrogen and oxygen atoms in total. The molecule has 0 spiro atoms. The third-order valence-electron chi connectivity index (χ3n) is 7.20. The number of thioether (sulfide) groups is 1. The predicted molar refractivity (Wildman–Crippen MR) is 140 cm³/mol. The summed E-state index contributed by atoms with van der Waals surface area (Å²) in [6, 6.07) is 15.3. The van der Waals surface area contributed by atoms with Crippen LogP contribution in [0.5, 0.6) is 0 Å². The van der Waals surface area contributed by atoms with E-state index in [4.69, 9.17) is 5.73 Å². The molecule has 1 fully saturated rings. The second kappa shape index (κ2) is 10.3. The number of fused-ring (bicyclic) bond motifs is 1. The van der Waals surface area contributed by atoms with E-state index in [0.29, 0.717) is 15.8 Å². The van der Waals surface area contributed by atoms with E-state index in [9.17, 15) is 13.2 Å². The predicted octanol–water partition coefficient (Wildman–Crippen LogP) is 4.51. The van der Waals surface area contributed by atoms with E-state index in [2.05, 4.69) is 22.1 Å². The largest absolute Gasteiger partial charge is 0.327 e. The highest BCUT2D eigenvalue weighted by Crippen LogP contribution is 2.29. The number of benzene rings is 2. The van der Waals surface area contributed by atoms with Gasteiger partial charge in [0.2, 0.25) is 0 Å². The first-order valence-corrected chi connectivity index (χ1v) is 15.0. The molecule has 3 aromatic rings. The van der Waals surface area contributed by atoms with Gasteiger partial charge in [0.15, 0.2) is 15.0 Å². The van der Waals surface area contributed by atoms with E-state index in [-0.39, 0.29) is 23.3 Å². The average Bonchev–Trinajstić information content (AvgIpc) is 3.34. The lowest BCUT2D eigenvalue weighted by Gasteiger charge is -2.28. The smallest absolute Gasteiger partial charge is 0.254 e. The van der Waals surface area contributed by atoms with E-state index >= 15 is 0 Å². The fraction of sp³-hybridized carbons (Fsp3) is 0.407. The van der Waals surface area contributed by atoms with Gasteiger partial charge >= 0.3 is 0 Å². The van der Waals surface area contributed by atoms with E-state index in [1.807, 2.05) is 24.3 Å². The number of nitrogens with one attached hydrogen (secondary N) is 1. The monoisotopic (exact) mass is 509 g/mol. The third kappa shape index (κ3) is 5.55. The van der Waals surface area contributed by atoms with Crippen LogP contribution in [0.4, 0.5) is 0 Å². The molecule has 2 aromatic carbocycles. The second-order valence-corrected chi connectivity index (χ2v) is 12.6. The molecular formula is C27H31N3O3S2. The van der Waals surface area contributed by atoms with Gasteiger partial charge in [-0.2, -0.15) is 0 Å². The Morgan fingerprint density at radius 2 is 1.63 bits per heavy atom. The lowest BCUT2D eigenvalue weighted by molar-refractivity contribution is 0.332. The highest BCUT2D eigenvalue weighted by molar-refractivity contribution is 7.98. The Hall–Kier alpha value is -2.42. The van der Waals surface area contributed by atoms with Crippen molar-refractivity contribution in [2.45, 2.75) is 66.8 Å². The number of aryl methyl sites for hydroxylation is 1. The number of rotatable bonds is 7. The zero-order valence-corrected chi connectivity index (χ0v) is 21.3. The normalized spacial score (nSPS) is 20.0. The lowest BCUT2D eigenvalue weighted by Crippen LogP contribution is -2.37. The summed E-state index contributed by atoms with van der Waals surface area (Å²) in [7, 11) is -3.35. The van der Waals surface area contributed by atoms with Crippen LogP contribution in [0.3, 0.4) is 0 Å². The Balaban J connectivity index is 1.22. The minimum atomic E-state index is -3.35. The molecule has 35 heavy (non-hydrogen) atoms. The molecule has 8 heteroatoms. The first-order valence-electron chi connectivity index (χ1n) is 12.3. The molecule has 0 aliphatic heterocycles. The van der Waals surface area contributed by atoms with E-state index in [1.54, 1.807) is 12.1 Å². The maximum atomic E-state index is 12.9. The summed E-state index contributed by atoms with van der Waals surface area (Å²) < 4.78 is 25.9. The van der Waals surface area contributed by atoms with Gasteiger partial charge in [-0.1, -0.05) is 61.0 Å². The third-order valence-corrected chi connectivity index (χ3v) is 10.00. The van der Waals surface area contributed by atoms with E-state index in [0.717, 1.165) is 72.9 Å². The van der Waals surface area contributed by atoms with Gasteiger partial charge in [0.1, 0.15) is 0 Å². The average molecular weight is 510 g/mol. The fourth-order valence-corrected chi connectivity index (χ4v) is 7.66. The number of nitrogens with two attached hydrogens (primary N) is 1. The lowest BCUT2D eigenvalue weighted by atomic mass is 9.86. The van der Waals surface area contributed by atoms with Gasteiger partial charge in [-0.15, -0.1) is 0 Å². The van der Waals surface area contributed by atoms with Crippen LogP contribution in [0.2, 0.25) is 0 Å². The molecule has 5 rings (SSSR count). The maximum absolute atomic E-state index is 12.9. The van der Waals surface area contributed by atoms with E-state index in [1.165, 1.54) is 11.8 Å². The first-order chi connectivity index (χ1) is 16.9. The van der Waals surface area contributed by atoms with Crippen molar-refractivity contribution in [2.75, 3.05) is 5.75 Å². The molecule has 1 unspecified atom stereocenters. The molecule has 1 heterocycles. The van der Waals surface area contributed by atoms with Crippen molar-refractivity contribution < 1.29 is 8.42 Å². The highest BCUT2D eigenvalue weighted by atomic mass is 32.2. The summed E-state index contributed by atoms with van der Waals surface area (Å²) >= 11 is 1.53. The van der Waals surface area contributed by atoms with Crippen molar-refractivity contribution in [3.63, 3.8) is 0 Å². The van der Waals surface area contributed by atoms with Crippen LogP contribution < -0.4 is 11.3 Å². The summed E-state index contributed by atoms with van der Waals surface area (Å²) in [5.74, 6) is 0.885. The number of nitrogens with zero attached hydrogens (tertiary/aromatic N) is 1. The quantitative estimate of drug-likeness (QED) is 0.359. The fourth-order valence-electron chi connectivity index (χ4n) is 5.11. The standard InChI is InChI=1S/C27H31N3O3S2/c28-24-6-2-1-4-21(24)17-35(32,33)22-14-12-20(13-15-22)19-10-8-18(9-11-19)16-34-27-29-25-7-3-5-23(25)26(31)30-27/h8-15,21,24H,1-7,16-17,28H2,(H,29,30,31)/t21?,24-/m0/s1. The zero-order valence-electron chi connectivity index (χ0n) is 19.7. The summed E-state index contributed by atoms with van der Waals surface area (Å²) in [6.07, 6.45) is 6.67. The molecular weight excluding hydrogens is 478 g/mol. The number of H-pyrrole nitrogens is 1. The highest BCUT2D eigenvalue weighted by Gasteiger charge is 2.28. The van der Waals surface area contributed by atoms with Crippen LogP contribution in [0.25, 0.3) is 11.1 Å². The van der Waals surface area contributed by atoms with E-state index < -0.39 is 9.84 Å². The Labute approximate surface area is 210 Å². The summed E-state index contributed by atoms with van der Waals surface area (Å²) in [6.45, 7) is 0. The van der Waals surface area contributed by atoms with Crippen LogP contribution in [0.1, 0.15) is 48.9 Å². The van der Waals surface area contributed by atoms with Gasteiger partial charge in [0.25, 0.3) is 5.56 Å². The number of sulfone groups is 1. The van der Waals surface area contributed by atoms with Gasteiger partial charge in [-0.3, -0.25) is 4.79 Å². The van der Waals surface area contributed by atoms with Crippen molar-refractivity contribution in [2.24, 2.45) is 11.7 Å². The van der Waals surface area contributed by atoms with Gasteiger partial charge in [-0.05, 0) is 66.8 Å². The second-order valence-electron chi connectivity index (χ2n) is 9.65. The molecule has 2 atom stereocenters. The Morgan fingerprint density at radius 3 is 2.34 bits per heavy atom. The topological polar surface area (TPSA) is 106 Å². The maximum Gasteiger partial charge on any atom is 0.254 e. The van der Waals surface area contributed by atoms with Crippen molar-refractivity contribution in [3.05, 3.63) is 75.7 Å². The van der Waals surface area contributed by atoms with Crippen LogP contribution in [-0.2, 0) is 28.4 Å². The van der Waals surface area contributed by atoms with Gasteiger partial charge in [-0.25, -0.2) is 13.4 Å². The van der Waals surface area contributed by atoms with Crippen molar-refractivity contribution in [1.29, 1.82) is 0 Å². The number of aromatic amines is 1. The molecule has 1 saturated carbocycles. The number of hydrogen-bond acceptors (Lipinski definition) is 6. The minimum Gasteiger partial charge on any atom is -0.327 e. The molecule has 2 aliphatic carbocycles. The minimum absolute atomic E-state index is 0.00241. The molecule has 0 bridgehead atoms. The SMILES string of the molecule is N[C@H]1CCCCC1CS(=O)(=O)c1ccc(-c2ccc(CSc3nc4c(c(=O)[nH]3)CCC4)cc2)cc1. The van der Waals surface area contributed by atoms with Crippen LogP contribution in [0, 0.1) is 5.92 Å². The van der Waals surface area contributed by atoms with Crippen molar-refractivity contribution in [1.82, 2.24) is 9.97 Å². The molecule has 0 amide bonds. The number of aromatic nitrogens is 2. The van der Waals surface area contributed by atoms with Crippen molar-refractivity contribution >= 4 is 21.6 Å². The van der Waals surface area contributed by atoms with Gasteiger partial charge in [0.05, 0.1) is 16.3 Å². The zero-order chi connectivity index (χ0) is 24.4. The summed E-state index contributed by atoms with van der Waals surface area (Å²) in [4.78, 5) is 20.1.